The number of hydrogen-bond donors (Lipinski definition) is 0. The lowest BCUT2D eigenvalue weighted by molar-refractivity contribution is 0.670. The smallest absolute Gasteiger partial charge is 0.143 e. The van der Waals surface area contributed by atoms with Gasteiger partial charge in [-0.1, -0.05) is 146 Å². The van der Waals surface area contributed by atoms with E-state index in [0.29, 0.717) is 11.4 Å². The Labute approximate surface area is 286 Å². The highest BCUT2D eigenvalue weighted by Crippen LogP contribution is 2.39. The van der Waals surface area contributed by atoms with E-state index in [0.717, 1.165) is 49.8 Å². The van der Waals surface area contributed by atoms with Crippen molar-refractivity contribution in [3.05, 3.63) is 188 Å². The summed E-state index contributed by atoms with van der Waals surface area (Å²) in [6.07, 6.45) is 0. The highest BCUT2D eigenvalue weighted by molar-refractivity contribution is 6.09. The molecule has 0 fully saturated rings. The fraction of sp³-hybridized carbons (Fsp3) is 0. The lowest BCUT2D eigenvalue weighted by Crippen LogP contribution is -2.09. The van der Waals surface area contributed by atoms with Crippen molar-refractivity contribution in [1.29, 1.82) is 0 Å². The average molecular weight is 619 g/mol. The summed E-state index contributed by atoms with van der Waals surface area (Å²) in [6.45, 7) is 0. The van der Waals surface area contributed by atoms with E-state index in [1.165, 1.54) is 16.3 Å². The van der Waals surface area contributed by atoms with Crippen LogP contribution in [0, 0.1) is 0 Å². The van der Waals surface area contributed by atoms with E-state index >= 15 is 0 Å². The molecule has 0 bridgehead atoms. The molecule has 0 aliphatic carbocycles. The van der Waals surface area contributed by atoms with Crippen LogP contribution < -0.4 is 4.90 Å². The SMILES string of the molecule is [2H]c1c([2H])c([2H])c(N(c2ccc(-c3ccc(-c4cccc5ccccc45)cc3)cc2)c2ccc(-c3cccc4c3oc3ccccc34)cc2)c([2H])c1[2H]. The van der Waals surface area contributed by atoms with Gasteiger partial charge in [0.05, 0.1) is 6.85 Å². The largest absolute Gasteiger partial charge is 0.455 e. The first-order chi connectivity index (χ1) is 25.9. The van der Waals surface area contributed by atoms with Crippen molar-refractivity contribution in [2.24, 2.45) is 0 Å². The predicted octanol–water partition coefficient (Wildman–Crippen LogP) is 13.2. The van der Waals surface area contributed by atoms with Gasteiger partial charge in [-0.2, -0.15) is 0 Å². The molecule has 9 aromatic rings. The van der Waals surface area contributed by atoms with E-state index in [1.807, 2.05) is 78.9 Å². The summed E-state index contributed by atoms with van der Waals surface area (Å²) in [5, 5.41) is 4.50. The molecule has 0 atom stereocenters. The van der Waals surface area contributed by atoms with Gasteiger partial charge in [-0.3, -0.25) is 0 Å². The Morgan fingerprint density at radius 3 is 1.67 bits per heavy atom. The minimum atomic E-state index is -0.430. The maximum absolute atomic E-state index is 8.88. The van der Waals surface area contributed by atoms with Crippen molar-refractivity contribution >= 4 is 49.8 Å². The molecule has 8 aromatic carbocycles. The third-order valence-electron chi connectivity index (χ3n) is 9.00. The summed E-state index contributed by atoms with van der Waals surface area (Å²) in [6, 6.07) is 51.2. The first-order valence-electron chi connectivity index (χ1n) is 18.4. The van der Waals surface area contributed by atoms with E-state index in [9.17, 15) is 0 Å². The van der Waals surface area contributed by atoms with E-state index in [2.05, 4.69) is 78.9 Å². The van der Waals surface area contributed by atoms with Gasteiger partial charge in [0.25, 0.3) is 0 Å². The van der Waals surface area contributed by atoms with Gasteiger partial charge < -0.3 is 9.32 Å². The van der Waals surface area contributed by atoms with Gasteiger partial charge in [-0.15, -0.1) is 0 Å². The van der Waals surface area contributed by atoms with Crippen molar-refractivity contribution in [3.63, 3.8) is 0 Å². The molecule has 1 heterocycles. The lowest BCUT2D eigenvalue weighted by atomic mass is 9.96. The Balaban J connectivity index is 1.10. The molecule has 0 unspecified atom stereocenters. The zero-order valence-corrected chi connectivity index (χ0v) is 25.9. The van der Waals surface area contributed by atoms with Gasteiger partial charge in [0, 0.05) is 33.4 Å². The van der Waals surface area contributed by atoms with Crippen LogP contribution in [-0.2, 0) is 0 Å². The summed E-state index contributed by atoms with van der Waals surface area (Å²) in [5.74, 6) is 0. The molecular weight excluding hydrogens is 583 g/mol. The number of hydrogen-bond acceptors (Lipinski definition) is 2. The minimum absolute atomic E-state index is 0.0790. The van der Waals surface area contributed by atoms with Crippen LogP contribution in [0.25, 0.3) is 66.1 Å². The summed E-state index contributed by atoms with van der Waals surface area (Å²) in [7, 11) is 0. The first-order valence-corrected chi connectivity index (χ1v) is 15.9. The molecule has 0 radical (unpaired) electrons. The van der Waals surface area contributed by atoms with Crippen molar-refractivity contribution in [1.82, 2.24) is 0 Å². The third-order valence-corrected chi connectivity index (χ3v) is 9.00. The van der Waals surface area contributed by atoms with Crippen molar-refractivity contribution in [3.8, 4) is 33.4 Å². The molecule has 2 heteroatoms. The summed E-state index contributed by atoms with van der Waals surface area (Å²) < 4.78 is 49.2. The number of para-hydroxylation sites is 3. The number of rotatable bonds is 6. The van der Waals surface area contributed by atoms with E-state index in [1.54, 1.807) is 4.90 Å². The van der Waals surface area contributed by atoms with E-state index in [-0.39, 0.29) is 29.9 Å². The first kappa shape index (κ1) is 23.0. The maximum Gasteiger partial charge on any atom is 0.143 e. The quantitative estimate of drug-likeness (QED) is 0.184. The van der Waals surface area contributed by atoms with Crippen LogP contribution >= 0.6 is 0 Å². The Kier molecular flexibility index (Phi) is 5.64. The number of nitrogens with zero attached hydrogens (tertiary/aromatic N) is 1. The van der Waals surface area contributed by atoms with Gasteiger partial charge in [-0.05, 0) is 81.0 Å². The molecule has 9 rings (SSSR count). The van der Waals surface area contributed by atoms with Gasteiger partial charge in [-0.25, -0.2) is 0 Å². The number of benzene rings is 8. The van der Waals surface area contributed by atoms with Crippen molar-refractivity contribution in [2.75, 3.05) is 4.90 Å². The van der Waals surface area contributed by atoms with E-state index in [4.69, 9.17) is 11.3 Å². The molecule has 0 aliphatic heterocycles. The molecule has 0 saturated carbocycles. The molecule has 48 heavy (non-hydrogen) atoms. The van der Waals surface area contributed by atoms with E-state index < -0.39 is 6.04 Å². The van der Waals surface area contributed by atoms with Crippen LogP contribution in [0.5, 0.6) is 0 Å². The Morgan fingerprint density at radius 2 is 0.917 bits per heavy atom. The average Bonchev–Trinajstić information content (AvgIpc) is 3.60. The molecule has 226 valence electrons. The van der Waals surface area contributed by atoms with Crippen molar-refractivity contribution in [2.45, 2.75) is 0 Å². The second kappa shape index (κ2) is 11.8. The van der Waals surface area contributed by atoms with Crippen LogP contribution in [0.1, 0.15) is 6.85 Å². The van der Waals surface area contributed by atoms with Crippen molar-refractivity contribution < 1.29 is 11.3 Å². The fourth-order valence-corrected chi connectivity index (χ4v) is 6.65. The van der Waals surface area contributed by atoms with Crippen LogP contribution in [0.2, 0.25) is 0 Å². The summed E-state index contributed by atoms with van der Waals surface area (Å²) >= 11 is 0. The number of furan rings is 1. The third kappa shape index (κ3) is 4.92. The van der Waals surface area contributed by atoms with Crippen LogP contribution in [0.3, 0.4) is 0 Å². The normalized spacial score (nSPS) is 12.8. The van der Waals surface area contributed by atoms with Gasteiger partial charge in [0.15, 0.2) is 0 Å². The molecule has 0 spiro atoms. The second-order valence-electron chi connectivity index (χ2n) is 11.8. The van der Waals surface area contributed by atoms with Gasteiger partial charge in [0.2, 0.25) is 0 Å². The minimum Gasteiger partial charge on any atom is -0.455 e. The fourth-order valence-electron chi connectivity index (χ4n) is 6.65. The highest BCUT2D eigenvalue weighted by Gasteiger charge is 2.15. The Morgan fingerprint density at radius 1 is 0.396 bits per heavy atom. The molecule has 0 amide bonds. The Bertz CT molecular complexity index is 2790. The molecular formula is C46H31NO. The number of fused-ring (bicyclic) bond motifs is 4. The lowest BCUT2D eigenvalue weighted by Gasteiger charge is -2.26. The predicted molar refractivity (Wildman–Crippen MR) is 202 cm³/mol. The molecule has 0 N–H and O–H groups in total. The summed E-state index contributed by atoms with van der Waals surface area (Å²) in [5.41, 5.74) is 9.23. The Hall–Kier alpha value is -6.38. The second-order valence-corrected chi connectivity index (χ2v) is 11.8. The maximum atomic E-state index is 8.88. The van der Waals surface area contributed by atoms with Gasteiger partial charge in [0.1, 0.15) is 11.2 Å². The number of anilines is 3. The molecule has 0 saturated heterocycles. The zero-order chi connectivity index (χ0) is 36.2. The molecule has 2 nitrogen and oxygen atoms in total. The molecule has 0 aliphatic rings. The van der Waals surface area contributed by atoms with Crippen LogP contribution in [-0.4, -0.2) is 0 Å². The van der Waals surface area contributed by atoms with Crippen LogP contribution in [0.15, 0.2) is 192 Å². The monoisotopic (exact) mass is 618 g/mol. The zero-order valence-electron chi connectivity index (χ0n) is 30.9. The van der Waals surface area contributed by atoms with Gasteiger partial charge >= 0.3 is 0 Å². The summed E-state index contributed by atoms with van der Waals surface area (Å²) in [4.78, 5) is 1.74. The van der Waals surface area contributed by atoms with Crippen LogP contribution in [0.4, 0.5) is 17.1 Å². The highest BCUT2D eigenvalue weighted by atomic mass is 16.3. The topological polar surface area (TPSA) is 16.4 Å². The molecule has 1 aromatic heterocycles. The standard InChI is InChI=1S/C46H31NO/c1-2-12-37(13-3-1)47(39-30-26-36(27-31-39)42-17-9-18-44-43-15-6-7-19-45(43)48-46(42)44)38-28-24-33(25-29-38)32-20-22-35(23-21-32)41-16-8-11-34-10-4-5-14-40(34)41/h1-31H/i1D,2D,3D,12D,13D.